The molecule has 186 valence electrons. The van der Waals surface area contributed by atoms with E-state index in [0.717, 1.165) is 0 Å². The molecule has 1 aromatic rings. The molecule has 34 heavy (non-hydrogen) atoms. The lowest BCUT2D eigenvalue weighted by Crippen LogP contribution is -2.36. The summed E-state index contributed by atoms with van der Waals surface area (Å²) in [6.45, 7) is -0.488. The van der Waals surface area contributed by atoms with E-state index in [2.05, 4.69) is 14.7 Å². The molecule has 5 atom stereocenters. The molecule has 2 saturated heterocycles. The average Bonchev–Trinajstić information content (AvgIpc) is 3.35. The predicted molar refractivity (Wildman–Crippen MR) is 106 cm³/mol. The van der Waals surface area contributed by atoms with Crippen LogP contribution in [0, 0.1) is 20.2 Å². The van der Waals surface area contributed by atoms with E-state index >= 15 is 0 Å². The Hall–Kier alpha value is -3.59. The van der Waals surface area contributed by atoms with Crippen molar-refractivity contribution in [2.45, 2.75) is 56.2 Å². The van der Waals surface area contributed by atoms with Crippen molar-refractivity contribution in [2.75, 3.05) is 19.8 Å². The van der Waals surface area contributed by atoms with Crippen molar-refractivity contribution in [2.24, 2.45) is 0 Å². The van der Waals surface area contributed by atoms with Crippen molar-refractivity contribution in [3.63, 3.8) is 0 Å². The summed E-state index contributed by atoms with van der Waals surface area (Å²) in [7, 11) is 0. The highest BCUT2D eigenvalue weighted by Crippen LogP contribution is 2.31. The van der Waals surface area contributed by atoms with Gasteiger partial charge in [0.2, 0.25) is 0 Å². The number of fused-ring (bicyclic) bond motifs is 1. The second-order valence-electron chi connectivity index (χ2n) is 7.55. The molecule has 3 rings (SSSR count). The molecular weight excluding hydrogens is 462 g/mol. The van der Waals surface area contributed by atoms with Crippen molar-refractivity contribution in [1.82, 2.24) is 4.98 Å². The number of pyridine rings is 1. The van der Waals surface area contributed by atoms with E-state index in [1.54, 1.807) is 24.5 Å². The fraction of sp³-hybridized carbons (Fsp3) is 0.632. The van der Waals surface area contributed by atoms with Gasteiger partial charge < -0.3 is 28.6 Å². The summed E-state index contributed by atoms with van der Waals surface area (Å²) in [6, 6.07) is 3.47. The highest BCUT2D eigenvalue weighted by molar-refractivity contribution is 5.72. The van der Waals surface area contributed by atoms with Gasteiger partial charge >= 0.3 is 11.9 Å². The van der Waals surface area contributed by atoms with Crippen molar-refractivity contribution in [3.8, 4) is 0 Å². The van der Waals surface area contributed by atoms with Crippen molar-refractivity contribution >= 4 is 11.9 Å². The Labute approximate surface area is 192 Å². The highest BCUT2D eigenvalue weighted by Gasteiger charge is 2.51. The van der Waals surface area contributed by atoms with Gasteiger partial charge in [0.15, 0.2) is 12.2 Å². The van der Waals surface area contributed by atoms with Crippen LogP contribution >= 0.6 is 0 Å². The molecule has 0 bridgehead atoms. The van der Waals surface area contributed by atoms with Gasteiger partial charge in [0.25, 0.3) is 10.2 Å². The number of esters is 2. The standard InChI is InChI=1S/C19H23N3O12/c23-16(5-1-4-13(34-22(27)28)9-31-21(25)26)32-14-10-29-19-15(11-30-18(14)19)33-17(24)7-12-3-2-6-20-8-12/h2-3,6,8,13-15,18-19H,1,4-5,7,9-11H2/t13?,14-,15-,18-,19-/m1/s1. The maximum absolute atomic E-state index is 12.2. The van der Waals surface area contributed by atoms with Gasteiger partial charge in [0.1, 0.15) is 24.9 Å². The molecule has 0 saturated carbocycles. The van der Waals surface area contributed by atoms with Crippen LogP contribution < -0.4 is 0 Å². The molecule has 1 aromatic heterocycles. The van der Waals surface area contributed by atoms with Crippen molar-refractivity contribution in [1.29, 1.82) is 0 Å². The largest absolute Gasteiger partial charge is 0.457 e. The lowest BCUT2D eigenvalue weighted by atomic mass is 10.1. The summed E-state index contributed by atoms with van der Waals surface area (Å²) in [4.78, 5) is 57.4. The zero-order valence-corrected chi connectivity index (χ0v) is 17.9. The summed E-state index contributed by atoms with van der Waals surface area (Å²) in [5, 5.41) is 18.6. The first kappa shape index (κ1) is 25.0. The Morgan fingerprint density at radius 3 is 2.35 bits per heavy atom. The van der Waals surface area contributed by atoms with Gasteiger partial charge in [-0.2, -0.15) is 0 Å². The van der Waals surface area contributed by atoms with E-state index < -0.39 is 59.2 Å². The topological polar surface area (TPSA) is 189 Å². The fourth-order valence-electron chi connectivity index (χ4n) is 3.65. The molecule has 0 amide bonds. The first-order chi connectivity index (χ1) is 16.3. The molecule has 1 unspecified atom stereocenters. The molecule has 3 heterocycles. The van der Waals surface area contributed by atoms with Gasteiger partial charge in [-0.1, -0.05) is 6.07 Å². The van der Waals surface area contributed by atoms with Crippen molar-refractivity contribution < 1.29 is 48.4 Å². The maximum Gasteiger partial charge on any atom is 0.310 e. The lowest BCUT2D eigenvalue weighted by Gasteiger charge is -2.17. The molecule has 0 aromatic carbocycles. The second-order valence-corrected chi connectivity index (χ2v) is 7.55. The number of nitrogens with zero attached hydrogens (tertiary/aromatic N) is 3. The third-order valence-corrected chi connectivity index (χ3v) is 5.11. The van der Waals surface area contributed by atoms with Gasteiger partial charge in [-0.3, -0.25) is 14.6 Å². The number of aromatic nitrogens is 1. The van der Waals surface area contributed by atoms with E-state index in [1.807, 2.05) is 0 Å². The number of rotatable bonds is 13. The fourth-order valence-corrected chi connectivity index (χ4v) is 3.65. The van der Waals surface area contributed by atoms with E-state index in [-0.39, 0.29) is 38.9 Å². The summed E-state index contributed by atoms with van der Waals surface area (Å²) >= 11 is 0. The van der Waals surface area contributed by atoms with Crippen molar-refractivity contribution in [3.05, 3.63) is 50.3 Å². The van der Waals surface area contributed by atoms with Crippen LogP contribution in [0.25, 0.3) is 0 Å². The number of ether oxygens (including phenoxy) is 4. The molecule has 2 fully saturated rings. The molecule has 2 aliphatic rings. The monoisotopic (exact) mass is 485 g/mol. The zero-order valence-electron chi connectivity index (χ0n) is 17.9. The molecule has 2 aliphatic heterocycles. The Bertz CT molecular complexity index is 869. The minimum Gasteiger partial charge on any atom is -0.457 e. The van der Waals surface area contributed by atoms with Crippen LogP contribution in [-0.2, 0) is 44.6 Å². The highest BCUT2D eigenvalue weighted by atomic mass is 17.0. The Morgan fingerprint density at radius 2 is 1.76 bits per heavy atom. The molecule has 0 N–H and O–H groups in total. The second kappa shape index (κ2) is 12.0. The normalized spacial score (nSPS) is 24.0. The number of carbonyl (C=O) groups is 2. The smallest absolute Gasteiger partial charge is 0.310 e. The van der Waals surface area contributed by atoms with E-state index in [4.69, 9.17) is 18.9 Å². The van der Waals surface area contributed by atoms with Gasteiger partial charge in [0.05, 0.1) is 19.6 Å². The summed E-state index contributed by atoms with van der Waals surface area (Å²) in [6.07, 6.45) is -0.554. The number of hydrogen-bond donors (Lipinski definition) is 0. The molecule has 0 aliphatic carbocycles. The Kier molecular flexibility index (Phi) is 8.86. The Balaban J connectivity index is 1.39. The van der Waals surface area contributed by atoms with Crippen LogP contribution in [0.2, 0.25) is 0 Å². The maximum atomic E-state index is 12.2. The zero-order chi connectivity index (χ0) is 24.5. The minimum absolute atomic E-state index is 0.0391. The van der Waals surface area contributed by atoms with Gasteiger partial charge in [-0.25, -0.2) is 0 Å². The molecular formula is C19H23N3O12. The van der Waals surface area contributed by atoms with Crippen LogP contribution in [-0.4, -0.2) is 77.4 Å². The van der Waals surface area contributed by atoms with Gasteiger partial charge in [-0.15, -0.1) is 20.2 Å². The summed E-state index contributed by atoms with van der Waals surface area (Å²) in [5.41, 5.74) is 0.706. The molecule has 15 nitrogen and oxygen atoms in total. The summed E-state index contributed by atoms with van der Waals surface area (Å²) < 4.78 is 22.1. The molecule has 0 radical (unpaired) electrons. The lowest BCUT2D eigenvalue weighted by molar-refractivity contribution is -0.790. The third-order valence-electron chi connectivity index (χ3n) is 5.11. The minimum atomic E-state index is -1.20. The molecule has 0 spiro atoms. The third kappa shape index (κ3) is 7.48. The van der Waals surface area contributed by atoms with Crippen LogP contribution in [0.3, 0.4) is 0 Å². The first-order valence-corrected chi connectivity index (χ1v) is 10.4. The first-order valence-electron chi connectivity index (χ1n) is 10.4. The van der Waals surface area contributed by atoms with E-state index in [1.165, 1.54) is 0 Å². The molecule has 15 heteroatoms. The Morgan fingerprint density at radius 1 is 1.09 bits per heavy atom. The number of carbonyl (C=O) groups excluding carboxylic acids is 2. The number of hydrogen-bond acceptors (Lipinski definition) is 13. The van der Waals surface area contributed by atoms with Crippen LogP contribution in [0.15, 0.2) is 24.5 Å². The summed E-state index contributed by atoms with van der Waals surface area (Å²) in [5.74, 6) is -1.07. The predicted octanol–water partition coefficient (Wildman–Crippen LogP) is 0.201. The van der Waals surface area contributed by atoms with Gasteiger partial charge in [0, 0.05) is 18.8 Å². The quantitative estimate of drug-likeness (QED) is 0.209. The van der Waals surface area contributed by atoms with Crippen LogP contribution in [0.4, 0.5) is 0 Å². The SMILES string of the molecule is O=C(CCCC(CO[N+](=O)[O-])O[N+](=O)[O-])O[C@@H]1CO[C@H]2[C@@H]1OC[C@H]2OC(=O)Cc1cccnc1. The van der Waals surface area contributed by atoms with Crippen LogP contribution in [0.5, 0.6) is 0 Å². The van der Waals surface area contributed by atoms with Crippen LogP contribution in [0.1, 0.15) is 24.8 Å². The average molecular weight is 485 g/mol. The van der Waals surface area contributed by atoms with E-state index in [0.29, 0.717) is 5.56 Å². The van der Waals surface area contributed by atoms with Gasteiger partial charge in [-0.05, 0) is 24.5 Å². The van der Waals surface area contributed by atoms with E-state index in [9.17, 15) is 29.8 Å².